The van der Waals surface area contributed by atoms with Crippen LogP contribution in [0.4, 0.5) is 11.4 Å². The van der Waals surface area contributed by atoms with Gasteiger partial charge in [0.05, 0.1) is 17.6 Å². The summed E-state index contributed by atoms with van der Waals surface area (Å²) >= 11 is 0. The molecular weight excluding hydrogens is 252 g/mol. The van der Waals surface area contributed by atoms with E-state index in [2.05, 4.69) is 5.32 Å². The standard InChI is InChI=1S/C12H16N2O5/c1-7-2-3-8(4-9(7)14(17)18)13-12-5-10(16)11(6-15)19-12/h2-4,10-13,15-16H,5-6H2,1H3/t10-,11+,12+/m1/s1. The number of aliphatic hydroxyl groups is 2. The van der Waals surface area contributed by atoms with Gasteiger partial charge >= 0.3 is 0 Å². The molecule has 0 aliphatic carbocycles. The van der Waals surface area contributed by atoms with Crippen molar-refractivity contribution in [3.8, 4) is 0 Å². The number of nitrogens with zero attached hydrogens (tertiary/aromatic N) is 1. The zero-order chi connectivity index (χ0) is 14.0. The minimum Gasteiger partial charge on any atom is -0.394 e. The maximum absolute atomic E-state index is 10.8. The fraction of sp³-hybridized carbons (Fsp3) is 0.500. The molecule has 0 bridgehead atoms. The van der Waals surface area contributed by atoms with Crippen molar-refractivity contribution < 1.29 is 19.9 Å². The first-order chi connectivity index (χ1) is 9.01. The van der Waals surface area contributed by atoms with Crippen LogP contribution in [0.2, 0.25) is 0 Å². The number of rotatable bonds is 4. The molecule has 1 aliphatic rings. The first kappa shape index (κ1) is 13.7. The Hall–Kier alpha value is -1.70. The van der Waals surface area contributed by atoms with Crippen LogP contribution in [0.15, 0.2) is 18.2 Å². The molecule has 7 nitrogen and oxygen atoms in total. The minimum atomic E-state index is -0.733. The van der Waals surface area contributed by atoms with Crippen LogP contribution in [-0.2, 0) is 4.74 Å². The molecule has 1 heterocycles. The van der Waals surface area contributed by atoms with Gasteiger partial charge in [0.1, 0.15) is 12.3 Å². The Morgan fingerprint density at radius 2 is 2.32 bits per heavy atom. The molecule has 104 valence electrons. The molecule has 19 heavy (non-hydrogen) atoms. The minimum absolute atomic E-state index is 0.0299. The van der Waals surface area contributed by atoms with Gasteiger partial charge in [-0.15, -0.1) is 0 Å². The largest absolute Gasteiger partial charge is 0.394 e. The van der Waals surface area contributed by atoms with E-state index in [1.807, 2.05) is 0 Å². The second-order valence-corrected chi connectivity index (χ2v) is 4.55. The third-order valence-corrected chi connectivity index (χ3v) is 3.14. The molecule has 0 amide bonds. The lowest BCUT2D eigenvalue weighted by Gasteiger charge is -2.15. The van der Waals surface area contributed by atoms with Crippen LogP contribution in [0.5, 0.6) is 0 Å². The molecule has 1 aromatic rings. The quantitative estimate of drug-likeness (QED) is 0.550. The SMILES string of the molecule is Cc1ccc(N[C@@H]2C[C@@H](O)[C@H](CO)O2)cc1[N+](=O)[O-]. The molecule has 3 N–H and O–H groups in total. The molecule has 1 saturated heterocycles. The Kier molecular flexibility index (Phi) is 3.98. The topological polar surface area (TPSA) is 105 Å². The van der Waals surface area contributed by atoms with Gasteiger partial charge in [-0.05, 0) is 13.0 Å². The van der Waals surface area contributed by atoms with Crippen molar-refractivity contribution in [1.29, 1.82) is 0 Å². The van der Waals surface area contributed by atoms with E-state index >= 15 is 0 Å². The van der Waals surface area contributed by atoms with E-state index in [-0.39, 0.29) is 12.3 Å². The fourth-order valence-electron chi connectivity index (χ4n) is 2.07. The number of hydrogen-bond donors (Lipinski definition) is 3. The van der Waals surface area contributed by atoms with Gasteiger partial charge in [0.15, 0.2) is 0 Å². The maximum Gasteiger partial charge on any atom is 0.274 e. The highest BCUT2D eigenvalue weighted by Gasteiger charge is 2.33. The summed E-state index contributed by atoms with van der Waals surface area (Å²) in [4.78, 5) is 10.4. The van der Waals surface area contributed by atoms with Gasteiger partial charge in [-0.2, -0.15) is 0 Å². The van der Waals surface area contributed by atoms with Gasteiger partial charge in [-0.25, -0.2) is 0 Å². The van der Waals surface area contributed by atoms with Crippen molar-refractivity contribution in [2.24, 2.45) is 0 Å². The molecule has 7 heteroatoms. The van der Waals surface area contributed by atoms with E-state index in [0.717, 1.165) is 0 Å². The molecular formula is C12H16N2O5. The Bertz CT molecular complexity index is 479. The molecule has 2 rings (SSSR count). The van der Waals surface area contributed by atoms with Crippen LogP contribution in [0, 0.1) is 17.0 Å². The fourth-order valence-corrected chi connectivity index (χ4v) is 2.07. The van der Waals surface area contributed by atoms with Crippen LogP contribution in [0.3, 0.4) is 0 Å². The van der Waals surface area contributed by atoms with E-state index in [4.69, 9.17) is 9.84 Å². The number of benzene rings is 1. The van der Waals surface area contributed by atoms with Gasteiger partial charge in [0.25, 0.3) is 5.69 Å². The number of ether oxygens (including phenoxy) is 1. The van der Waals surface area contributed by atoms with E-state index in [9.17, 15) is 15.2 Å². The number of anilines is 1. The first-order valence-corrected chi connectivity index (χ1v) is 5.97. The van der Waals surface area contributed by atoms with Crippen molar-refractivity contribution in [2.75, 3.05) is 11.9 Å². The molecule has 1 fully saturated rings. The maximum atomic E-state index is 10.8. The average Bonchev–Trinajstić information content (AvgIpc) is 2.71. The van der Waals surface area contributed by atoms with Crippen molar-refractivity contribution in [2.45, 2.75) is 31.8 Å². The van der Waals surface area contributed by atoms with Crippen molar-refractivity contribution >= 4 is 11.4 Å². The monoisotopic (exact) mass is 268 g/mol. The van der Waals surface area contributed by atoms with Crippen molar-refractivity contribution in [1.82, 2.24) is 0 Å². The zero-order valence-corrected chi connectivity index (χ0v) is 10.4. The van der Waals surface area contributed by atoms with E-state index in [1.165, 1.54) is 6.07 Å². The van der Waals surface area contributed by atoms with Gasteiger partial charge in [-0.1, -0.05) is 6.07 Å². The van der Waals surface area contributed by atoms with Gasteiger partial charge < -0.3 is 20.3 Å². The Labute approximate surface area is 110 Å². The summed E-state index contributed by atoms with van der Waals surface area (Å²) in [6, 6.07) is 4.79. The highest BCUT2D eigenvalue weighted by Crippen LogP contribution is 2.26. The van der Waals surface area contributed by atoms with Gasteiger partial charge in [0, 0.05) is 23.7 Å². The molecule has 3 atom stereocenters. The second kappa shape index (κ2) is 5.52. The lowest BCUT2D eigenvalue weighted by atomic mass is 10.1. The average molecular weight is 268 g/mol. The van der Waals surface area contributed by atoms with E-state index in [1.54, 1.807) is 19.1 Å². The number of hydrogen-bond acceptors (Lipinski definition) is 6. The molecule has 0 saturated carbocycles. The van der Waals surface area contributed by atoms with Crippen LogP contribution < -0.4 is 5.32 Å². The summed E-state index contributed by atoms with van der Waals surface area (Å²) in [5.74, 6) is 0. The van der Waals surface area contributed by atoms with Gasteiger partial charge in [0.2, 0.25) is 0 Å². The van der Waals surface area contributed by atoms with E-state index < -0.39 is 23.4 Å². The van der Waals surface area contributed by atoms with Crippen molar-refractivity contribution in [3.63, 3.8) is 0 Å². The van der Waals surface area contributed by atoms with Gasteiger partial charge in [-0.3, -0.25) is 10.1 Å². The van der Waals surface area contributed by atoms with Crippen LogP contribution >= 0.6 is 0 Å². The molecule has 1 aliphatic heterocycles. The third-order valence-electron chi connectivity index (χ3n) is 3.14. The van der Waals surface area contributed by atoms with Crippen LogP contribution in [0.1, 0.15) is 12.0 Å². The number of nitrogens with one attached hydrogen (secondary N) is 1. The lowest BCUT2D eigenvalue weighted by Crippen LogP contribution is -2.25. The van der Waals surface area contributed by atoms with Crippen molar-refractivity contribution in [3.05, 3.63) is 33.9 Å². The predicted octanol–water partition coefficient (Wildman–Crippen LogP) is 0.783. The second-order valence-electron chi connectivity index (χ2n) is 4.55. The molecule has 0 aromatic heterocycles. The number of nitro benzene ring substituents is 1. The summed E-state index contributed by atoms with van der Waals surface area (Å²) in [6.07, 6.45) is -1.48. The highest BCUT2D eigenvalue weighted by molar-refractivity contribution is 5.55. The Balaban J connectivity index is 2.08. The Morgan fingerprint density at radius 3 is 2.89 bits per heavy atom. The summed E-state index contributed by atoms with van der Waals surface area (Å²) in [6.45, 7) is 1.41. The summed E-state index contributed by atoms with van der Waals surface area (Å²) < 4.78 is 5.38. The normalized spacial score (nSPS) is 26.4. The molecule has 1 aromatic carbocycles. The zero-order valence-electron chi connectivity index (χ0n) is 10.4. The highest BCUT2D eigenvalue weighted by atomic mass is 16.6. The third kappa shape index (κ3) is 3.01. The number of nitro groups is 1. The summed E-state index contributed by atoms with van der Waals surface area (Å²) in [5, 5.41) is 32.4. The smallest absolute Gasteiger partial charge is 0.274 e. The Morgan fingerprint density at radius 1 is 1.58 bits per heavy atom. The van der Waals surface area contributed by atoms with Crippen LogP contribution in [0.25, 0.3) is 0 Å². The predicted molar refractivity (Wildman–Crippen MR) is 67.8 cm³/mol. The molecule has 0 radical (unpaired) electrons. The lowest BCUT2D eigenvalue weighted by molar-refractivity contribution is -0.385. The molecule has 0 spiro atoms. The number of aliphatic hydroxyl groups excluding tert-OH is 2. The summed E-state index contributed by atoms with van der Waals surface area (Å²) in [7, 11) is 0. The van der Waals surface area contributed by atoms with Crippen LogP contribution in [-0.4, -0.2) is 40.2 Å². The van der Waals surface area contributed by atoms with E-state index in [0.29, 0.717) is 17.7 Å². The first-order valence-electron chi connectivity index (χ1n) is 5.97. The summed E-state index contributed by atoms with van der Waals surface area (Å²) in [5.41, 5.74) is 1.16. The number of aryl methyl sites for hydroxylation is 1. The molecule has 0 unspecified atom stereocenters.